The molecule has 11 heteroatoms. The van der Waals surface area contributed by atoms with Gasteiger partial charge in [-0.15, -0.1) is 18.1 Å². The number of hydrogen-bond donors (Lipinski definition) is 2. The maximum atomic E-state index is 13.0. The molecule has 1 aliphatic heterocycles. The van der Waals surface area contributed by atoms with Gasteiger partial charge in [0.05, 0.1) is 28.3 Å². The van der Waals surface area contributed by atoms with E-state index < -0.39 is 21.3 Å². The predicted octanol–water partition coefficient (Wildman–Crippen LogP) is 7.65. The van der Waals surface area contributed by atoms with Crippen molar-refractivity contribution >= 4 is 25.6 Å². The van der Waals surface area contributed by atoms with Crippen LogP contribution in [0.25, 0.3) is 11.3 Å². The van der Waals surface area contributed by atoms with Crippen molar-refractivity contribution in [3.05, 3.63) is 47.4 Å². The van der Waals surface area contributed by atoms with Crippen molar-refractivity contribution in [1.82, 2.24) is 19.7 Å². The van der Waals surface area contributed by atoms with Gasteiger partial charge in [-0.3, -0.25) is 4.68 Å². The Bertz CT molecular complexity index is 1410. The van der Waals surface area contributed by atoms with Crippen LogP contribution in [-0.4, -0.2) is 47.6 Å². The summed E-state index contributed by atoms with van der Waals surface area (Å²) in [5.41, 5.74) is 5.35. The lowest BCUT2D eigenvalue weighted by atomic mass is 9.92. The molecular weight excluding hydrogens is 540 g/mol. The zero-order chi connectivity index (χ0) is 29.9. The van der Waals surface area contributed by atoms with Crippen LogP contribution in [0.5, 0.6) is 0 Å². The van der Waals surface area contributed by atoms with Gasteiger partial charge in [-0.1, -0.05) is 34.6 Å². The van der Waals surface area contributed by atoms with Crippen molar-refractivity contribution in [3.8, 4) is 17.3 Å². The fourth-order valence-corrected chi connectivity index (χ4v) is 5.87. The van der Waals surface area contributed by atoms with Gasteiger partial charge in [0.15, 0.2) is 0 Å². The lowest BCUT2D eigenvalue weighted by molar-refractivity contribution is 0.121. The van der Waals surface area contributed by atoms with Gasteiger partial charge in [-0.2, -0.15) is 10.4 Å². The summed E-state index contributed by atoms with van der Waals surface area (Å²) in [6.45, 7) is 16.2. The zero-order valence-electron chi connectivity index (χ0n) is 25.1. The summed E-state index contributed by atoms with van der Waals surface area (Å²) in [6.07, 6.45) is 2.62. The van der Waals surface area contributed by atoms with Crippen LogP contribution in [-0.2, 0) is 11.0 Å². The van der Waals surface area contributed by atoms with E-state index in [0.29, 0.717) is 28.6 Å². The van der Waals surface area contributed by atoms with E-state index in [0.717, 1.165) is 42.8 Å². The molecule has 1 aliphatic rings. The zero-order valence-corrected chi connectivity index (χ0v) is 26.1. The van der Waals surface area contributed by atoms with E-state index in [1.165, 1.54) is 4.68 Å². The molecule has 3 heterocycles. The normalized spacial score (nSPS) is 15.2. The SMILES string of the molecule is CC(C)c1nn(CC(F)F)cc1Nc1nccc(-c2cc(C#N)c3c(c2)[C@H](CCCO[Si-](C)(C)C(C)(C)C)CN3)n1. The molecule has 3 aromatic rings. The predicted molar refractivity (Wildman–Crippen MR) is 161 cm³/mol. The first-order valence-electron chi connectivity index (χ1n) is 14.2. The molecule has 0 fully saturated rings. The number of nitrogens with one attached hydrogen (secondary N) is 2. The van der Waals surface area contributed by atoms with Gasteiger partial charge in [-0.05, 0) is 50.8 Å². The Balaban J connectivity index is 1.54. The van der Waals surface area contributed by atoms with Gasteiger partial charge in [0.2, 0.25) is 5.95 Å². The van der Waals surface area contributed by atoms with E-state index in [9.17, 15) is 14.0 Å². The Labute approximate surface area is 242 Å². The minimum Gasteiger partial charge on any atom is -0.565 e. The fraction of sp³-hybridized carbons (Fsp3) is 0.533. The number of fused-ring (bicyclic) bond motifs is 1. The average molecular weight is 582 g/mol. The summed E-state index contributed by atoms with van der Waals surface area (Å²) in [5.74, 6) is 0.623. The topological polar surface area (TPSA) is 101 Å². The summed E-state index contributed by atoms with van der Waals surface area (Å²) in [5, 5.41) is 21.0. The van der Waals surface area contributed by atoms with Crippen LogP contribution in [0.4, 0.5) is 26.1 Å². The van der Waals surface area contributed by atoms with Crippen LogP contribution < -0.4 is 10.6 Å². The van der Waals surface area contributed by atoms with E-state index in [2.05, 4.69) is 66.7 Å². The minimum absolute atomic E-state index is 0.0196. The van der Waals surface area contributed by atoms with Gasteiger partial charge in [0.25, 0.3) is 6.43 Å². The van der Waals surface area contributed by atoms with Crippen molar-refractivity contribution in [1.29, 1.82) is 5.26 Å². The molecule has 221 valence electrons. The molecule has 1 aromatic carbocycles. The highest BCUT2D eigenvalue weighted by Crippen LogP contribution is 2.40. The van der Waals surface area contributed by atoms with Crippen LogP contribution in [0.15, 0.2) is 30.6 Å². The number of alkyl halides is 2. The molecule has 41 heavy (non-hydrogen) atoms. The van der Waals surface area contributed by atoms with Crippen molar-refractivity contribution in [3.63, 3.8) is 0 Å². The monoisotopic (exact) mass is 581 g/mol. The minimum atomic E-state index is -2.50. The summed E-state index contributed by atoms with van der Waals surface area (Å²) < 4.78 is 33.5. The maximum absolute atomic E-state index is 13.0. The quantitative estimate of drug-likeness (QED) is 0.177. The van der Waals surface area contributed by atoms with E-state index in [1.54, 1.807) is 12.4 Å². The molecule has 8 nitrogen and oxygen atoms in total. The first kappa shape index (κ1) is 30.6. The maximum Gasteiger partial charge on any atom is 0.257 e. The Morgan fingerprint density at radius 3 is 2.68 bits per heavy atom. The highest BCUT2D eigenvalue weighted by Gasteiger charge is 2.27. The van der Waals surface area contributed by atoms with Crippen LogP contribution in [0.3, 0.4) is 0 Å². The van der Waals surface area contributed by atoms with E-state index >= 15 is 0 Å². The molecule has 0 spiro atoms. The van der Waals surface area contributed by atoms with Gasteiger partial charge in [0.1, 0.15) is 12.6 Å². The Morgan fingerprint density at radius 1 is 1.27 bits per heavy atom. The number of benzene rings is 1. The standard InChI is InChI=1S/C30H41F2N7OSi/c1-19(2)27-25(17-39(38-27)18-26(31)32)37-29-34-11-10-24(36-29)21-13-22(15-33)28-23(14-21)20(16-35-28)9-8-12-40-41(6,7)30(3,4)5/h10-11,13-14,17,19-20,26,35H,8-9,12,16,18H2,1-7H3,(H,34,36,37)/q-1/t20-/m1/s1. The molecule has 0 radical (unpaired) electrons. The second-order valence-corrected chi connectivity index (χ2v) is 17.3. The Kier molecular flexibility index (Phi) is 9.14. The van der Waals surface area contributed by atoms with Crippen molar-refractivity contribution in [2.24, 2.45) is 0 Å². The third-order valence-corrected chi connectivity index (χ3v) is 12.6. The van der Waals surface area contributed by atoms with Crippen LogP contribution >= 0.6 is 0 Å². The number of halogens is 2. The molecule has 2 aromatic heterocycles. The number of hydrogen-bond acceptors (Lipinski definition) is 7. The first-order valence-corrected chi connectivity index (χ1v) is 17.1. The van der Waals surface area contributed by atoms with Crippen molar-refractivity contribution in [2.45, 2.75) is 90.4 Å². The number of aromatic nitrogens is 4. The number of anilines is 3. The largest absolute Gasteiger partial charge is 0.565 e. The smallest absolute Gasteiger partial charge is 0.257 e. The van der Waals surface area contributed by atoms with Crippen molar-refractivity contribution < 1.29 is 13.2 Å². The second kappa shape index (κ2) is 12.2. The Morgan fingerprint density at radius 2 is 2.02 bits per heavy atom. The van der Waals surface area contributed by atoms with E-state index in [4.69, 9.17) is 9.41 Å². The second-order valence-electron chi connectivity index (χ2n) is 12.5. The van der Waals surface area contributed by atoms with Crippen LogP contribution in [0.1, 0.15) is 76.1 Å². The fourth-order valence-electron chi connectivity index (χ4n) is 4.78. The first-order chi connectivity index (χ1) is 19.3. The van der Waals surface area contributed by atoms with Gasteiger partial charge >= 0.3 is 0 Å². The lowest BCUT2D eigenvalue weighted by Gasteiger charge is -2.48. The highest BCUT2D eigenvalue weighted by molar-refractivity contribution is 6.74. The van der Waals surface area contributed by atoms with Gasteiger partial charge < -0.3 is 15.1 Å². The number of nitriles is 1. The molecule has 0 amide bonds. The average Bonchev–Trinajstić information content (AvgIpc) is 3.49. The van der Waals surface area contributed by atoms with Gasteiger partial charge in [-0.25, -0.2) is 18.7 Å². The summed E-state index contributed by atoms with van der Waals surface area (Å²) in [6, 6.07) is 8.11. The molecule has 4 rings (SSSR count). The molecule has 2 N–H and O–H groups in total. The van der Waals surface area contributed by atoms with Gasteiger partial charge in [0, 0.05) is 37.0 Å². The number of rotatable bonds is 11. The molecule has 0 aliphatic carbocycles. The number of nitrogens with zero attached hydrogens (tertiary/aromatic N) is 5. The molecular formula is C30H41F2N7OSi-. The summed E-state index contributed by atoms with van der Waals surface area (Å²) in [7, 11) is -1.79. The summed E-state index contributed by atoms with van der Waals surface area (Å²) in [4.78, 5) is 9.06. The molecule has 0 saturated heterocycles. The molecule has 1 atom stereocenters. The third kappa shape index (κ3) is 7.11. The summed E-state index contributed by atoms with van der Waals surface area (Å²) >= 11 is 0. The van der Waals surface area contributed by atoms with Crippen LogP contribution in [0.2, 0.25) is 18.1 Å². The molecule has 0 saturated carbocycles. The lowest BCUT2D eigenvalue weighted by Crippen LogP contribution is -2.41. The molecule has 0 unspecified atom stereocenters. The molecule has 0 bridgehead atoms. The van der Waals surface area contributed by atoms with E-state index in [1.807, 2.05) is 26.0 Å². The Hall–Kier alpha value is -3.36. The highest BCUT2D eigenvalue weighted by atomic mass is 28.4. The van der Waals surface area contributed by atoms with E-state index in [-0.39, 0.29) is 16.9 Å². The third-order valence-electron chi connectivity index (χ3n) is 8.08. The van der Waals surface area contributed by atoms with Crippen LogP contribution in [0, 0.1) is 11.3 Å². The van der Waals surface area contributed by atoms with Crippen molar-refractivity contribution in [2.75, 3.05) is 23.8 Å².